The summed E-state index contributed by atoms with van der Waals surface area (Å²) >= 11 is 0. The summed E-state index contributed by atoms with van der Waals surface area (Å²) in [7, 11) is 0. The third-order valence-electron chi connectivity index (χ3n) is 3.31. The van der Waals surface area contributed by atoms with Crippen LogP contribution in [0.15, 0.2) is 0 Å². The van der Waals surface area contributed by atoms with Gasteiger partial charge in [-0.2, -0.15) is 0 Å². The normalized spacial score (nSPS) is 49.1. The standard InChI is InChI=1S/C9H14O2/c1-6-3-4-7-5-9(6,2)11-8(7)10/h6-7H,3-5H2,1-2H3. The van der Waals surface area contributed by atoms with Crippen molar-refractivity contribution in [1.29, 1.82) is 0 Å². The zero-order valence-electron chi connectivity index (χ0n) is 7.09. The molecular weight excluding hydrogens is 140 g/mol. The summed E-state index contributed by atoms with van der Waals surface area (Å²) < 4.78 is 5.35. The minimum absolute atomic E-state index is 0.0388. The fraction of sp³-hybridized carbons (Fsp3) is 0.889. The Bertz CT molecular complexity index is 200. The minimum Gasteiger partial charge on any atom is -0.459 e. The Kier molecular flexibility index (Phi) is 1.29. The maximum absolute atomic E-state index is 11.2. The molecule has 0 spiro atoms. The topological polar surface area (TPSA) is 26.3 Å². The van der Waals surface area contributed by atoms with Crippen LogP contribution < -0.4 is 0 Å². The lowest BCUT2D eigenvalue weighted by Gasteiger charge is -2.32. The van der Waals surface area contributed by atoms with Gasteiger partial charge in [-0.05, 0) is 25.7 Å². The molecule has 2 fully saturated rings. The van der Waals surface area contributed by atoms with Crippen molar-refractivity contribution < 1.29 is 9.53 Å². The number of esters is 1. The van der Waals surface area contributed by atoms with Gasteiger partial charge in [-0.1, -0.05) is 6.92 Å². The first-order valence-electron chi connectivity index (χ1n) is 4.35. The van der Waals surface area contributed by atoms with Crippen LogP contribution in [0.1, 0.15) is 33.1 Å². The van der Waals surface area contributed by atoms with Gasteiger partial charge in [0.2, 0.25) is 0 Å². The molecule has 2 rings (SSSR count). The van der Waals surface area contributed by atoms with E-state index in [-0.39, 0.29) is 17.5 Å². The summed E-state index contributed by atoms with van der Waals surface area (Å²) in [6.07, 6.45) is 3.13. The van der Waals surface area contributed by atoms with Gasteiger partial charge in [0.1, 0.15) is 5.60 Å². The van der Waals surface area contributed by atoms with Crippen molar-refractivity contribution >= 4 is 5.97 Å². The number of rotatable bonds is 0. The molecule has 0 aromatic rings. The summed E-state index contributed by atoms with van der Waals surface area (Å²) in [4.78, 5) is 11.2. The van der Waals surface area contributed by atoms with E-state index in [2.05, 4.69) is 13.8 Å². The third kappa shape index (κ3) is 0.883. The molecule has 1 saturated carbocycles. The van der Waals surface area contributed by atoms with Gasteiger partial charge < -0.3 is 4.74 Å². The highest BCUT2D eigenvalue weighted by Crippen LogP contribution is 2.45. The lowest BCUT2D eigenvalue weighted by molar-refractivity contribution is -0.150. The molecule has 2 bridgehead atoms. The van der Waals surface area contributed by atoms with E-state index in [0.717, 1.165) is 19.3 Å². The molecule has 2 heteroatoms. The molecule has 0 N–H and O–H groups in total. The monoisotopic (exact) mass is 154 g/mol. The van der Waals surface area contributed by atoms with E-state index in [9.17, 15) is 4.79 Å². The van der Waals surface area contributed by atoms with Crippen molar-refractivity contribution in [2.45, 2.75) is 38.7 Å². The van der Waals surface area contributed by atoms with Crippen molar-refractivity contribution in [3.63, 3.8) is 0 Å². The van der Waals surface area contributed by atoms with E-state index in [1.54, 1.807) is 0 Å². The fourth-order valence-electron chi connectivity index (χ4n) is 2.21. The smallest absolute Gasteiger partial charge is 0.309 e. The van der Waals surface area contributed by atoms with Gasteiger partial charge in [0.25, 0.3) is 0 Å². The third-order valence-corrected chi connectivity index (χ3v) is 3.31. The van der Waals surface area contributed by atoms with Crippen LogP contribution in [0.2, 0.25) is 0 Å². The fourth-order valence-corrected chi connectivity index (χ4v) is 2.21. The molecule has 62 valence electrons. The Morgan fingerprint density at radius 2 is 2.27 bits per heavy atom. The van der Waals surface area contributed by atoms with Gasteiger partial charge in [-0.15, -0.1) is 0 Å². The lowest BCUT2D eigenvalue weighted by Crippen LogP contribution is -2.34. The molecule has 1 saturated heterocycles. The maximum Gasteiger partial charge on any atom is 0.309 e. The molecule has 2 aliphatic rings. The van der Waals surface area contributed by atoms with Crippen LogP contribution in [-0.2, 0) is 9.53 Å². The highest BCUT2D eigenvalue weighted by molar-refractivity contribution is 5.75. The van der Waals surface area contributed by atoms with E-state index in [4.69, 9.17) is 4.74 Å². The van der Waals surface area contributed by atoms with E-state index in [0.29, 0.717) is 5.92 Å². The van der Waals surface area contributed by atoms with E-state index in [1.807, 2.05) is 0 Å². The predicted molar refractivity (Wildman–Crippen MR) is 41.0 cm³/mol. The zero-order chi connectivity index (χ0) is 8.06. The van der Waals surface area contributed by atoms with Crippen LogP contribution in [0, 0.1) is 11.8 Å². The quantitative estimate of drug-likeness (QED) is 0.497. The average Bonchev–Trinajstić information content (AvgIpc) is 2.18. The Labute approximate surface area is 66.9 Å². The summed E-state index contributed by atoms with van der Waals surface area (Å²) in [6.45, 7) is 4.24. The second-order valence-corrected chi connectivity index (χ2v) is 4.11. The Balaban J connectivity index is 2.26. The van der Waals surface area contributed by atoms with Crippen molar-refractivity contribution in [1.82, 2.24) is 0 Å². The van der Waals surface area contributed by atoms with Crippen LogP contribution >= 0.6 is 0 Å². The van der Waals surface area contributed by atoms with Gasteiger partial charge in [-0.25, -0.2) is 0 Å². The summed E-state index contributed by atoms with van der Waals surface area (Å²) in [6, 6.07) is 0. The molecule has 3 unspecified atom stereocenters. The molecule has 11 heavy (non-hydrogen) atoms. The van der Waals surface area contributed by atoms with Crippen LogP contribution in [0.5, 0.6) is 0 Å². The Morgan fingerprint density at radius 3 is 2.91 bits per heavy atom. The highest BCUT2D eigenvalue weighted by atomic mass is 16.6. The van der Waals surface area contributed by atoms with E-state index in [1.165, 1.54) is 0 Å². The zero-order valence-corrected chi connectivity index (χ0v) is 7.09. The van der Waals surface area contributed by atoms with Crippen molar-refractivity contribution in [2.75, 3.05) is 0 Å². The number of fused-ring (bicyclic) bond motifs is 2. The van der Waals surface area contributed by atoms with Crippen molar-refractivity contribution in [3.8, 4) is 0 Å². The molecule has 0 aromatic heterocycles. The molecule has 1 aliphatic carbocycles. The summed E-state index contributed by atoms with van der Waals surface area (Å²) in [5.74, 6) is 0.804. The van der Waals surface area contributed by atoms with E-state index >= 15 is 0 Å². The number of hydrogen-bond donors (Lipinski definition) is 0. The molecular formula is C9H14O2. The van der Waals surface area contributed by atoms with Gasteiger partial charge in [0.15, 0.2) is 0 Å². The summed E-state index contributed by atoms with van der Waals surface area (Å²) in [5, 5.41) is 0. The van der Waals surface area contributed by atoms with Gasteiger partial charge in [0.05, 0.1) is 5.92 Å². The van der Waals surface area contributed by atoms with Gasteiger partial charge in [0, 0.05) is 6.42 Å². The molecule has 0 radical (unpaired) electrons. The minimum atomic E-state index is -0.125. The Hall–Kier alpha value is -0.530. The maximum atomic E-state index is 11.2. The Morgan fingerprint density at radius 1 is 1.55 bits per heavy atom. The van der Waals surface area contributed by atoms with Crippen LogP contribution in [-0.4, -0.2) is 11.6 Å². The van der Waals surface area contributed by atoms with Crippen LogP contribution in [0.4, 0.5) is 0 Å². The molecule has 0 amide bonds. The number of hydrogen-bond acceptors (Lipinski definition) is 2. The largest absolute Gasteiger partial charge is 0.459 e. The molecule has 0 aromatic carbocycles. The molecule has 1 aliphatic heterocycles. The average molecular weight is 154 g/mol. The number of ether oxygens (including phenoxy) is 1. The SMILES string of the molecule is CC1CCC2CC1(C)OC2=O. The van der Waals surface area contributed by atoms with Crippen molar-refractivity contribution in [3.05, 3.63) is 0 Å². The van der Waals surface area contributed by atoms with Gasteiger partial charge in [-0.3, -0.25) is 4.79 Å². The first kappa shape index (κ1) is 7.14. The molecule has 1 heterocycles. The number of carbonyl (C=O) groups excluding carboxylic acids is 1. The second-order valence-electron chi connectivity index (χ2n) is 4.11. The van der Waals surface area contributed by atoms with Gasteiger partial charge >= 0.3 is 5.97 Å². The molecule has 2 nitrogen and oxygen atoms in total. The first-order valence-corrected chi connectivity index (χ1v) is 4.35. The molecule has 3 atom stereocenters. The van der Waals surface area contributed by atoms with Crippen LogP contribution in [0.3, 0.4) is 0 Å². The second kappa shape index (κ2) is 1.99. The summed E-state index contributed by atoms with van der Waals surface area (Å²) in [5.41, 5.74) is -0.125. The number of carbonyl (C=O) groups is 1. The first-order chi connectivity index (χ1) is 5.12. The van der Waals surface area contributed by atoms with Crippen LogP contribution in [0.25, 0.3) is 0 Å². The lowest BCUT2D eigenvalue weighted by atomic mass is 9.75. The highest BCUT2D eigenvalue weighted by Gasteiger charge is 2.49. The van der Waals surface area contributed by atoms with Crippen molar-refractivity contribution in [2.24, 2.45) is 11.8 Å². The van der Waals surface area contributed by atoms with E-state index < -0.39 is 0 Å². The predicted octanol–water partition coefficient (Wildman–Crippen LogP) is 1.74.